The van der Waals surface area contributed by atoms with Crippen molar-refractivity contribution in [2.24, 2.45) is 0 Å². The standard InChI is InChI=1S/C61H41NO2/c1-61(2)54-18-7-5-14-53(54)58-46(15-10-19-55(58)61)40-23-31-44(32-24-40)62(43-29-21-38(22-30-43)42-28-35-50-49-13-6-8-20-56(49)63-57(50)37-42)45-33-25-41(26-34-45)48-16-9-17-51-52-36-27-39-11-3-4-12-47(39)60(52)64-59(48)51/h3-37H,1-2H3. The van der Waals surface area contributed by atoms with E-state index in [0.29, 0.717) is 0 Å². The number of fused-ring (bicyclic) bond motifs is 11. The molecule has 302 valence electrons. The molecule has 10 aromatic carbocycles. The van der Waals surface area contributed by atoms with Crippen molar-refractivity contribution in [2.45, 2.75) is 19.3 Å². The van der Waals surface area contributed by atoms with Gasteiger partial charge in [0.05, 0.1) is 0 Å². The van der Waals surface area contributed by atoms with E-state index in [-0.39, 0.29) is 5.41 Å². The summed E-state index contributed by atoms with van der Waals surface area (Å²) in [4.78, 5) is 2.35. The summed E-state index contributed by atoms with van der Waals surface area (Å²) in [6, 6.07) is 76.6. The van der Waals surface area contributed by atoms with E-state index in [0.717, 1.165) is 88.6 Å². The Morgan fingerprint density at radius 3 is 1.66 bits per heavy atom. The zero-order chi connectivity index (χ0) is 42.5. The van der Waals surface area contributed by atoms with Crippen LogP contribution in [-0.4, -0.2) is 0 Å². The molecule has 0 spiro atoms. The first-order valence-electron chi connectivity index (χ1n) is 22.1. The first-order valence-corrected chi connectivity index (χ1v) is 22.1. The molecular weight excluding hydrogens is 779 g/mol. The van der Waals surface area contributed by atoms with Gasteiger partial charge in [-0.3, -0.25) is 0 Å². The minimum absolute atomic E-state index is 0.0564. The van der Waals surface area contributed by atoms with Crippen molar-refractivity contribution in [3.05, 3.63) is 223 Å². The van der Waals surface area contributed by atoms with Crippen LogP contribution in [0.2, 0.25) is 0 Å². The van der Waals surface area contributed by atoms with Gasteiger partial charge in [0, 0.05) is 55.0 Å². The molecular formula is C61H41NO2. The average molecular weight is 820 g/mol. The summed E-state index contributed by atoms with van der Waals surface area (Å²) in [6.07, 6.45) is 0. The van der Waals surface area contributed by atoms with Crippen molar-refractivity contribution in [3.8, 4) is 44.5 Å². The Hall–Kier alpha value is -8.14. The number of para-hydroxylation sites is 2. The molecule has 0 unspecified atom stereocenters. The van der Waals surface area contributed by atoms with Crippen LogP contribution in [0.25, 0.3) is 99.2 Å². The predicted molar refractivity (Wildman–Crippen MR) is 267 cm³/mol. The Bertz CT molecular complexity index is 3790. The summed E-state index contributed by atoms with van der Waals surface area (Å²) < 4.78 is 13.0. The van der Waals surface area contributed by atoms with E-state index in [1.54, 1.807) is 0 Å². The highest BCUT2D eigenvalue weighted by Crippen LogP contribution is 2.52. The maximum absolute atomic E-state index is 6.74. The topological polar surface area (TPSA) is 29.5 Å². The van der Waals surface area contributed by atoms with Crippen LogP contribution in [0.4, 0.5) is 17.1 Å². The van der Waals surface area contributed by atoms with Crippen molar-refractivity contribution in [3.63, 3.8) is 0 Å². The molecule has 1 aliphatic rings. The molecule has 0 radical (unpaired) electrons. The molecule has 12 aromatic rings. The van der Waals surface area contributed by atoms with Gasteiger partial charge in [-0.25, -0.2) is 0 Å². The zero-order valence-corrected chi connectivity index (χ0v) is 35.5. The molecule has 0 saturated carbocycles. The van der Waals surface area contributed by atoms with Gasteiger partial charge in [0.1, 0.15) is 22.3 Å². The fourth-order valence-corrected chi connectivity index (χ4v) is 10.5. The molecule has 3 heteroatoms. The third-order valence-electron chi connectivity index (χ3n) is 13.7. The lowest BCUT2D eigenvalue weighted by Crippen LogP contribution is -2.14. The minimum atomic E-state index is -0.0564. The number of benzene rings is 10. The van der Waals surface area contributed by atoms with E-state index in [1.165, 1.54) is 38.8 Å². The second kappa shape index (κ2) is 13.9. The van der Waals surface area contributed by atoms with Gasteiger partial charge in [-0.15, -0.1) is 0 Å². The van der Waals surface area contributed by atoms with Gasteiger partial charge in [0.2, 0.25) is 0 Å². The SMILES string of the molecule is CC1(C)c2ccccc2-c2c(-c3ccc(N(c4ccc(-c5ccc6c(c5)oc5ccccc56)cc4)c4ccc(-c5cccc6c5oc5c7ccccc7ccc65)cc4)cc3)cccc21. The third-order valence-corrected chi connectivity index (χ3v) is 13.7. The van der Waals surface area contributed by atoms with Crippen molar-refractivity contribution in [2.75, 3.05) is 4.90 Å². The molecule has 2 aromatic heterocycles. The van der Waals surface area contributed by atoms with Gasteiger partial charge >= 0.3 is 0 Å². The van der Waals surface area contributed by atoms with Crippen LogP contribution in [0, 0.1) is 0 Å². The Morgan fingerprint density at radius 2 is 0.875 bits per heavy atom. The molecule has 0 amide bonds. The highest BCUT2D eigenvalue weighted by atomic mass is 16.3. The molecule has 3 nitrogen and oxygen atoms in total. The maximum atomic E-state index is 6.74. The van der Waals surface area contributed by atoms with E-state index in [9.17, 15) is 0 Å². The Labute approximate surface area is 371 Å². The maximum Gasteiger partial charge on any atom is 0.143 e. The summed E-state index contributed by atoms with van der Waals surface area (Å²) in [5, 5.41) is 6.84. The summed E-state index contributed by atoms with van der Waals surface area (Å²) in [5.74, 6) is 0. The summed E-state index contributed by atoms with van der Waals surface area (Å²) in [7, 11) is 0. The van der Waals surface area contributed by atoms with Gasteiger partial charge in [-0.05, 0) is 116 Å². The Morgan fingerprint density at radius 1 is 0.344 bits per heavy atom. The third kappa shape index (κ3) is 5.54. The summed E-state index contributed by atoms with van der Waals surface area (Å²) >= 11 is 0. The van der Waals surface area contributed by atoms with Gasteiger partial charge in [0.15, 0.2) is 0 Å². The number of hydrogen-bond acceptors (Lipinski definition) is 3. The van der Waals surface area contributed by atoms with Gasteiger partial charge in [0.25, 0.3) is 0 Å². The minimum Gasteiger partial charge on any atom is -0.456 e. The average Bonchev–Trinajstić information content (AvgIpc) is 4.00. The molecule has 0 N–H and O–H groups in total. The second-order valence-corrected chi connectivity index (χ2v) is 17.6. The van der Waals surface area contributed by atoms with Crippen LogP contribution in [0.5, 0.6) is 0 Å². The first-order chi connectivity index (χ1) is 31.5. The summed E-state index contributed by atoms with van der Waals surface area (Å²) in [6.45, 7) is 4.68. The van der Waals surface area contributed by atoms with Crippen LogP contribution < -0.4 is 4.90 Å². The molecule has 0 fully saturated rings. The molecule has 0 saturated heterocycles. The Kier molecular flexibility index (Phi) is 7.95. The van der Waals surface area contributed by atoms with Crippen LogP contribution in [0.3, 0.4) is 0 Å². The van der Waals surface area contributed by atoms with Crippen molar-refractivity contribution in [1.29, 1.82) is 0 Å². The molecule has 2 heterocycles. The second-order valence-electron chi connectivity index (χ2n) is 17.6. The molecule has 13 rings (SSSR count). The lowest BCUT2D eigenvalue weighted by Gasteiger charge is -2.26. The van der Waals surface area contributed by atoms with Crippen molar-refractivity contribution >= 4 is 71.7 Å². The molecule has 0 atom stereocenters. The van der Waals surface area contributed by atoms with Crippen molar-refractivity contribution in [1.82, 2.24) is 0 Å². The number of anilines is 3. The number of rotatable bonds is 6. The van der Waals surface area contributed by atoms with E-state index in [2.05, 4.69) is 219 Å². The van der Waals surface area contributed by atoms with Gasteiger partial charge < -0.3 is 13.7 Å². The van der Waals surface area contributed by atoms with Crippen LogP contribution in [0.15, 0.2) is 221 Å². The Balaban J connectivity index is 0.903. The molecule has 1 aliphatic carbocycles. The van der Waals surface area contributed by atoms with E-state index >= 15 is 0 Å². The lowest BCUT2D eigenvalue weighted by molar-refractivity contribution is 0.660. The van der Waals surface area contributed by atoms with E-state index in [4.69, 9.17) is 8.83 Å². The fraction of sp³-hybridized carbons (Fsp3) is 0.0492. The van der Waals surface area contributed by atoms with E-state index < -0.39 is 0 Å². The normalized spacial score (nSPS) is 13.0. The van der Waals surface area contributed by atoms with E-state index in [1.807, 2.05) is 12.1 Å². The van der Waals surface area contributed by atoms with Crippen LogP contribution >= 0.6 is 0 Å². The highest BCUT2D eigenvalue weighted by Gasteiger charge is 2.36. The lowest BCUT2D eigenvalue weighted by atomic mass is 9.82. The van der Waals surface area contributed by atoms with Gasteiger partial charge in [-0.1, -0.05) is 166 Å². The highest BCUT2D eigenvalue weighted by molar-refractivity contribution is 6.17. The van der Waals surface area contributed by atoms with Gasteiger partial charge in [-0.2, -0.15) is 0 Å². The number of hydrogen-bond donors (Lipinski definition) is 0. The quantitative estimate of drug-likeness (QED) is 0.167. The molecule has 0 bridgehead atoms. The number of furan rings is 2. The monoisotopic (exact) mass is 819 g/mol. The first kappa shape index (κ1) is 36.5. The number of nitrogens with zero attached hydrogens (tertiary/aromatic N) is 1. The zero-order valence-electron chi connectivity index (χ0n) is 35.5. The van der Waals surface area contributed by atoms with Crippen LogP contribution in [-0.2, 0) is 5.41 Å². The molecule has 64 heavy (non-hydrogen) atoms. The summed E-state index contributed by atoms with van der Waals surface area (Å²) in [5.41, 5.74) is 19.1. The fourth-order valence-electron chi connectivity index (χ4n) is 10.5. The predicted octanol–water partition coefficient (Wildman–Crippen LogP) is 17.4. The smallest absolute Gasteiger partial charge is 0.143 e. The largest absolute Gasteiger partial charge is 0.456 e. The van der Waals surface area contributed by atoms with Crippen molar-refractivity contribution < 1.29 is 8.83 Å². The molecule has 0 aliphatic heterocycles. The van der Waals surface area contributed by atoms with Crippen LogP contribution in [0.1, 0.15) is 25.0 Å².